The van der Waals surface area contributed by atoms with Crippen molar-refractivity contribution in [1.29, 1.82) is 0 Å². The first-order chi connectivity index (χ1) is 7.65. The van der Waals surface area contributed by atoms with E-state index >= 15 is 0 Å². The van der Waals surface area contributed by atoms with Gasteiger partial charge in [0.15, 0.2) is 0 Å². The molecule has 0 aromatic carbocycles. The summed E-state index contributed by atoms with van der Waals surface area (Å²) < 4.78 is 0. The predicted octanol–water partition coefficient (Wildman–Crippen LogP) is 3.50. The minimum Gasteiger partial charge on any atom is -0.300 e. The van der Waals surface area contributed by atoms with Gasteiger partial charge in [0.25, 0.3) is 0 Å². The Morgan fingerprint density at radius 2 is 1.88 bits per heavy atom. The van der Waals surface area contributed by atoms with Crippen molar-refractivity contribution in [3.63, 3.8) is 0 Å². The standard InChI is InChI=1S/C15H29NO/c1-8-15(6)10-13(9-11(2)17)12(3)14(4,5)16(15)7/h12-13H,8-10H2,1-7H3. The van der Waals surface area contributed by atoms with Gasteiger partial charge in [-0.05, 0) is 59.4 Å². The molecule has 3 atom stereocenters. The molecule has 100 valence electrons. The molecule has 1 saturated heterocycles. The molecule has 0 amide bonds. The molecule has 0 radical (unpaired) electrons. The molecule has 2 nitrogen and oxygen atoms in total. The molecule has 17 heavy (non-hydrogen) atoms. The first-order valence-electron chi connectivity index (χ1n) is 6.88. The highest BCUT2D eigenvalue weighted by Crippen LogP contribution is 2.46. The van der Waals surface area contributed by atoms with Crippen molar-refractivity contribution in [2.75, 3.05) is 7.05 Å². The first kappa shape index (κ1) is 14.7. The van der Waals surface area contributed by atoms with Crippen molar-refractivity contribution in [3.05, 3.63) is 0 Å². The topological polar surface area (TPSA) is 20.3 Å². The molecule has 2 heteroatoms. The van der Waals surface area contributed by atoms with Crippen LogP contribution in [0.25, 0.3) is 0 Å². The van der Waals surface area contributed by atoms with Crippen molar-refractivity contribution >= 4 is 5.78 Å². The summed E-state index contributed by atoms with van der Waals surface area (Å²) in [5.41, 5.74) is 0.402. The first-order valence-corrected chi connectivity index (χ1v) is 6.88. The quantitative estimate of drug-likeness (QED) is 0.751. The normalized spacial score (nSPS) is 38.1. The monoisotopic (exact) mass is 239 g/mol. The zero-order valence-electron chi connectivity index (χ0n) is 12.6. The summed E-state index contributed by atoms with van der Waals surface area (Å²) >= 11 is 0. The number of hydrogen-bond donors (Lipinski definition) is 0. The van der Waals surface area contributed by atoms with E-state index in [2.05, 4.69) is 46.6 Å². The van der Waals surface area contributed by atoms with Gasteiger partial charge in [-0.2, -0.15) is 0 Å². The van der Waals surface area contributed by atoms with Crippen molar-refractivity contribution in [2.24, 2.45) is 11.8 Å². The van der Waals surface area contributed by atoms with Crippen molar-refractivity contribution in [1.82, 2.24) is 4.90 Å². The summed E-state index contributed by atoms with van der Waals surface area (Å²) in [6, 6.07) is 0. The molecule has 0 bridgehead atoms. The highest BCUT2D eigenvalue weighted by Gasteiger charge is 2.49. The Morgan fingerprint density at radius 3 is 2.29 bits per heavy atom. The number of Topliss-reactive ketones (excluding diaryl/α,β-unsaturated/α-hetero) is 1. The van der Waals surface area contributed by atoms with Crippen LogP contribution in [0.3, 0.4) is 0 Å². The summed E-state index contributed by atoms with van der Waals surface area (Å²) in [6.45, 7) is 13.3. The van der Waals surface area contributed by atoms with E-state index in [1.54, 1.807) is 6.92 Å². The Labute approximate surface area is 107 Å². The molecule has 0 aromatic rings. The zero-order valence-corrected chi connectivity index (χ0v) is 12.6. The lowest BCUT2D eigenvalue weighted by molar-refractivity contribution is -0.123. The number of carbonyl (C=O) groups excluding carboxylic acids is 1. The molecule has 0 spiro atoms. The molecular weight excluding hydrogens is 210 g/mol. The highest BCUT2D eigenvalue weighted by molar-refractivity contribution is 5.75. The van der Waals surface area contributed by atoms with Gasteiger partial charge in [-0.1, -0.05) is 13.8 Å². The van der Waals surface area contributed by atoms with E-state index in [4.69, 9.17) is 0 Å². The fraction of sp³-hybridized carbons (Fsp3) is 0.933. The number of carbonyl (C=O) groups is 1. The van der Waals surface area contributed by atoms with Crippen LogP contribution in [0.15, 0.2) is 0 Å². The number of ketones is 1. The second kappa shape index (κ2) is 4.72. The van der Waals surface area contributed by atoms with E-state index in [9.17, 15) is 4.79 Å². The molecule has 3 unspecified atom stereocenters. The van der Waals surface area contributed by atoms with Gasteiger partial charge in [0.1, 0.15) is 5.78 Å². The fourth-order valence-corrected chi connectivity index (χ4v) is 3.46. The van der Waals surface area contributed by atoms with Gasteiger partial charge in [0.05, 0.1) is 0 Å². The molecule has 0 aliphatic carbocycles. The maximum absolute atomic E-state index is 11.4. The third-order valence-corrected chi connectivity index (χ3v) is 5.51. The summed E-state index contributed by atoms with van der Waals surface area (Å²) in [7, 11) is 2.24. The van der Waals surface area contributed by atoms with E-state index in [1.807, 2.05) is 0 Å². The van der Waals surface area contributed by atoms with Crippen molar-refractivity contribution in [2.45, 2.75) is 71.9 Å². The van der Waals surface area contributed by atoms with E-state index in [0.717, 1.165) is 19.3 Å². The Balaban J connectivity index is 3.01. The summed E-state index contributed by atoms with van der Waals surface area (Å²) in [6.07, 6.45) is 3.03. The molecule has 1 aliphatic heterocycles. The van der Waals surface area contributed by atoms with Crippen LogP contribution in [0.1, 0.15) is 60.8 Å². The lowest BCUT2D eigenvalue weighted by Gasteiger charge is -2.58. The highest BCUT2D eigenvalue weighted by atomic mass is 16.1. The van der Waals surface area contributed by atoms with Crippen LogP contribution in [0, 0.1) is 11.8 Å². The molecule has 0 aromatic heterocycles. The van der Waals surface area contributed by atoms with Gasteiger partial charge < -0.3 is 4.79 Å². The van der Waals surface area contributed by atoms with E-state index in [-0.39, 0.29) is 11.1 Å². The summed E-state index contributed by atoms with van der Waals surface area (Å²) in [4.78, 5) is 14.0. The number of nitrogens with zero attached hydrogens (tertiary/aromatic N) is 1. The molecule has 1 aliphatic rings. The lowest BCUT2D eigenvalue weighted by Crippen LogP contribution is -2.63. The van der Waals surface area contributed by atoms with Crippen LogP contribution in [0.2, 0.25) is 0 Å². The number of hydrogen-bond acceptors (Lipinski definition) is 2. The zero-order chi connectivity index (χ0) is 13.4. The Hall–Kier alpha value is -0.370. The summed E-state index contributed by atoms with van der Waals surface area (Å²) in [5, 5.41) is 0. The second-order valence-electron chi connectivity index (χ2n) is 6.72. The third kappa shape index (κ3) is 2.57. The smallest absolute Gasteiger partial charge is 0.130 e. The summed E-state index contributed by atoms with van der Waals surface area (Å²) in [5.74, 6) is 1.43. The third-order valence-electron chi connectivity index (χ3n) is 5.51. The molecule has 1 rings (SSSR count). The second-order valence-corrected chi connectivity index (χ2v) is 6.72. The van der Waals surface area contributed by atoms with E-state index < -0.39 is 0 Å². The van der Waals surface area contributed by atoms with Crippen LogP contribution in [-0.2, 0) is 4.79 Å². The largest absolute Gasteiger partial charge is 0.300 e. The average molecular weight is 239 g/mol. The maximum atomic E-state index is 11.4. The maximum Gasteiger partial charge on any atom is 0.130 e. The minimum atomic E-state index is 0.170. The predicted molar refractivity (Wildman–Crippen MR) is 73.1 cm³/mol. The molecule has 0 saturated carbocycles. The Morgan fingerprint density at radius 1 is 1.35 bits per heavy atom. The SMILES string of the molecule is CCC1(C)CC(CC(C)=O)C(C)C(C)(C)N1C. The Bertz CT molecular complexity index is 293. The van der Waals surface area contributed by atoms with E-state index in [1.165, 1.54) is 0 Å². The number of piperidine rings is 1. The van der Waals surface area contributed by atoms with Gasteiger partial charge in [0.2, 0.25) is 0 Å². The number of likely N-dealkylation sites (tertiary alicyclic amines) is 1. The molecular formula is C15H29NO. The van der Waals surface area contributed by atoms with Crippen LogP contribution >= 0.6 is 0 Å². The van der Waals surface area contributed by atoms with Gasteiger partial charge in [0, 0.05) is 17.5 Å². The lowest BCUT2D eigenvalue weighted by atomic mass is 9.65. The van der Waals surface area contributed by atoms with Gasteiger partial charge in [-0.25, -0.2) is 0 Å². The van der Waals surface area contributed by atoms with Crippen LogP contribution in [-0.4, -0.2) is 28.8 Å². The minimum absolute atomic E-state index is 0.170. The van der Waals surface area contributed by atoms with Gasteiger partial charge >= 0.3 is 0 Å². The van der Waals surface area contributed by atoms with Crippen LogP contribution in [0.5, 0.6) is 0 Å². The average Bonchev–Trinajstić information content (AvgIpc) is 2.23. The molecule has 1 fully saturated rings. The van der Waals surface area contributed by atoms with Gasteiger partial charge in [-0.3, -0.25) is 4.90 Å². The van der Waals surface area contributed by atoms with Crippen LogP contribution in [0.4, 0.5) is 0 Å². The van der Waals surface area contributed by atoms with Crippen molar-refractivity contribution in [3.8, 4) is 0 Å². The van der Waals surface area contributed by atoms with Crippen LogP contribution < -0.4 is 0 Å². The Kier molecular flexibility index (Phi) is 4.08. The fourth-order valence-electron chi connectivity index (χ4n) is 3.46. The molecule has 0 N–H and O–H groups in total. The molecule has 1 heterocycles. The van der Waals surface area contributed by atoms with Gasteiger partial charge in [-0.15, -0.1) is 0 Å². The van der Waals surface area contributed by atoms with Crippen molar-refractivity contribution < 1.29 is 4.79 Å². The number of rotatable bonds is 3. The van der Waals surface area contributed by atoms with E-state index in [0.29, 0.717) is 17.6 Å².